The maximum Gasteiger partial charge on any atom is 0.354 e. The highest BCUT2D eigenvalue weighted by atomic mass is 16.4. The molecule has 1 rings (SSSR count). The summed E-state index contributed by atoms with van der Waals surface area (Å²) in [5.41, 5.74) is -0.442. The second-order valence-corrected chi connectivity index (χ2v) is 3.17. The monoisotopic (exact) mass is 240 g/mol. The molecule has 0 saturated heterocycles. The summed E-state index contributed by atoms with van der Waals surface area (Å²) in [6, 6.07) is 0. The van der Waals surface area contributed by atoms with Crippen LogP contribution in [0.5, 0.6) is 0 Å². The quantitative estimate of drug-likeness (QED) is 0.490. The van der Waals surface area contributed by atoms with Gasteiger partial charge in [0.05, 0.1) is 6.33 Å². The third-order valence-corrected chi connectivity index (χ3v) is 1.85. The normalized spacial score (nSPS) is 9.71. The molecule has 17 heavy (non-hydrogen) atoms. The van der Waals surface area contributed by atoms with Crippen molar-refractivity contribution in [2.24, 2.45) is 0 Å². The zero-order valence-corrected chi connectivity index (χ0v) is 9.11. The number of nitrogens with one attached hydrogen (secondary N) is 3. The molecule has 0 bridgehead atoms. The van der Waals surface area contributed by atoms with Gasteiger partial charge in [0.15, 0.2) is 11.4 Å². The molecule has 92 valence electrons. The van der Waals surface area contributed by atoms with E-state index in [2.05, 4.69) is 20.6 Å². The molecule has 1 aromatic rings. The molecule has 1 heterocycles. The van der Waals surface area contributed by atoms with Crippen LogP contribution in [0.15, 0.2) is 6.33 Å². The van der Waals surface area contributed by atoms with Gasteiger partial charge in [-0.25, -0.2) is 9.78 Å². The van der Waals surface area contributed by atoms with E-state index in [0.29, 0.717) is 0 Å². The molecule has 0 radical (unpaired) electrons. The minimum atomic E-state index is -1.26. The van der Waals surface area contributed by atoms with Gasteiger partial charge in [0, 0.05) is 20.0 Å². The fraction of sp³-hybridized carbons (Fsp3) is 0.333. The standard InChI is InChI=1S/C9H12N4O4/c1-5(14)10-2-3-11-8(15)6-7(9(16)17)13-4-12-6/h4H,2-3H2,1H3,(H,10,14)(H,11,15)(H,12,13)(H,16,17). The number of rotatable bonds is 5. The number of amides is 2. The molecule has 0 aliphatic heterocycles. The molecule has 8 nitrogen and oxygen atoms in total. The number of imidazole rings is 1. The minimum absolute atomic E-state index is 0.180. The van der Waals surface area contributed by atoms with Gasteiger partial charge in [-0.2, -0.15) is 0 Å². The summed E-state index contributed by atoms with van der Waals surface area (Å²) >= 11 is 0. The molecule has 0 aliphatic rings. The fourth-order valence-corrected chi connectivity index (χ4v) is 1.13. The molecule has 4 N–H and O–H groups in total. The first-order valence-corrected chi connectivity index (χ1v) is 4.81. The number of carboxylic acids is 1. The predicted molar refractivity (Wildman–Crippen MR) is 56.6 cm³/mol. The zero-order chi connectivity index (χ0) is 12.8. The Balaban J connectivity index is 2.50. The van der Waals surface area contributed by atoms with Crippen LogP contribution in [0.2, 0.25) is 0 Å². The molecule has 0 aliphatic carbocycles. The van der Waals surface area contributed by atoms with E-state index in [-0.39, 0.29) is 30.4 Å². The number of H-pyrrole nitrogens is 1. The molecule has 0 fully saturated rings. The van der Waals surface area contributed by atoms with E-state index in [0.717, 1.165) is 6.33 Å². The Kier molecular flexibility index (Phi) is 4.21. The number of aromatic nitrogens is 2. The molecule has 0 spiro atoms. The topological polar surface area (TPSA) is 124 Å². The summed E-state index contributed by atoms with van der Waals surface area (Å²) in [5, 5.41) is 13.7. The first-order chi connectivity index (χ1) is 8.02. The molecule has 8 heteroatoms. The average Bonchev–Trinajstić information content (AvgIpc) is 2.72. The zero-order valence-electron chi connectivity index (χ0n) is 9.11. The lowest BCUT2D eigenvalue weighted by Gasteiger charge is -2.04. The fourth-order valence-electron chi connectivity index (χ4n) is 1.13. The Bertz CT molecular complexity index is 440. The lowest BCUT2D eigenvalue weighted by atomic mass is 10.3. The second kappa shape index (κ2) is 5.64. The second-order valence-electron chi connectivity index (χ2n) is 3.17. The van der Waals surface area contributed by atoms with Crippen LogP contribution in [0.1, 0.15) is 27.9 Å². The molecule has 2 amide bonds. The van der Waals surface area contributed by atoms with E-state index in [1.165, 1.54) is 6.92 Å². The number of carboxylic acid groups (broad SMARTS) is 1. The number of hydrogen-bond acceptors (Lipinski definition) is 4. The van der Waals surface area contributed by atoms with E-state index < -0.39 is 11.9 Å². The Labute approximate surface area is 96.4 Å². The van der Waals surface area contributed by atoms with Crippen molar-refractivity contribution >= 4 is 17.8 Å². The van der Waals surface area contributed by atoms with Crippen molar-refractivity contribution in [3.63, 3.8) is 0 Å². The van der Waals surface area contributed by atoms with Gasteiger partial charge in [0.2, 0.25) is 5.91 Å². The molecule has 1 aromatic heterocycles. The summed E-state index contributed by atoms with van der Waals surface area (Å²) in [6.07, 6.45) is 1.13. The lowest BCUT2D eigenvalue weighted by Crippen LogP contribution is -2.34. The number of aromatic carboxylic acids is 1. The summed E-state index contributed by atoms with van der Waals surface area (Å²) < 4.78 is 0. The van der Waals surface area contributed by atoms with Crippen molar-refractivity contribution in [2.75, 3.05) is 13.1 Å². The first kappa shape index (κ1) is 12.7. The van der Waals surface area contributed by atoms with Crippen LogP contribution in [0.4, 0.5) is 0 Å². The molecule has 0 aromatic carbocycles. The van der Waals surface area contributed by atoms with Crippen molar-refractivity contribution in [3.8, 4) is 0 Å². The van der Waals surface area contributed by atoms with E-state index >= 15 is 0 Å². The Morgan fingerprint density at radius 3 is 2.59 bits per heavy atom. The highest BCUT2D eigenvalue weighted by Gasteiger charge is 2.18. The third-order valence-electron chi connectivity index (χ3n) is 1.85. The largest absolute Gasteiger partial charge is 0.477 e. The summed E-state index contributed by atoms with van der Waals surface area (Å²) in [6.45, 7) is 1.83. The van der Waals surface area contributed by atoms with Crippen molar-refractivity contribution in [1.29, 1.82) is 0 Å². The summed E-state index contributed by atoms with van der Waals surface area (Å²) in [7, 11) is 0. The Hall–Kier alpha value is -2.38. The van der Waals surface area contributed by atoms with E-state index in [1.54, 1.807) is 0 Å². The number of carbonyl (C=O) groups is 3. The van der Waals surface area contributed by atoms with Gasteiger partial charge in [0.25, 0.3) is 5.91 Å². The Morgan fingerprint density at radius 2 is 2.00 bits per heavy atom. The van der Waals surface area contributed by atoms with E-state index in [4.69, 9.17) is 5.11 Å². The Morgan fingerprint density at radius 1 is 1.35 bits per heavy atom. The van der Waals surface area contributed by atoms with Gasteiger partial charge in [-0.3, -0.25) is 9.59 Å². The van der Waals surface area contributed by atoms with Crippen molar-refractivity contribution < 1.29 is 19.5 Å². The van der Waals surface area contributed by atoms with Crippen LogP contribution in [-0.4, -0.2) is 45.9 Å². The van der Waals surface area contributed by atoms with Crippen LogP contribution in [0.25, 0.3) is 0 Å². The SMILES string of the molecule is CC(=O)NCCNC(=O)c1nc[nH]c1C(=O)O. The smallest absolute Gasteiger partial charge is 0.354 e. The molecular formula is C9H12N4O4. The van der Waals surface area contributed by atoms with E-state index in [9.17, 15) is 14.4 Å². The van der Waals surface area contributed by atoms with Crippen molar-refractivity contribution in [1.82, 2.24) is 20.6 Å². The lowest BCUT2D eigenvalue weighted by molar-refractivity contribution is -0.118. The van der Waals surface area contributed by atoms with Gasteiger partial charge in [-0.15, -0.1) is 0 Å². The van der Waals surface area contributed by atoms with Gasteiger partial charge >= 0.3 is 5.97 Å². The molecule has 0 saturated carbocycles. The number of carbonyl (C=O) groups excluding carboxylic acids is 2. The van der Waals surface area contributed by atoms with Crippen LogP contribution in [0, 0.1) is 0 Å². The first-order valence-electron chi connectivity index (χ1n) is 4.81. The maximum atomic E-state index is 11.5. The van der Waals surface area contributed by atoms with Gasteiger partial charge < -0.3 is 20.7 Å². The van der Waals surface area contributed by atoms with Gasteiger partial charge in [-0.05, 0) is 0 Å². The third kappa shape index (κ3) is 3.59. The molecule has 0 atom stereocenters. The highest BCUT2D eigenvalue weighted by Crippen LogP contribution is 2.01. The number of aromatic amines is 1. The van der Waals surface area contributed by atoms with Crippen LogP contribution >= 0.6 is 0 Å². The molecule has 0 unspecified atom stereocenters. The van der Waals surface area contributed by atoms with Crippen LogP contribution in [0.3, 0.4) is 0 Å². The van der Waals surface area contributed by atoms with Gasteiger partial charge in [0.1, 0.15) is 0 Å². The van der Waals surface area contributed by atoms with Crippen LogP contribution < -0.4 is 10.6 Å². The summed E-state index contributed by atoms with van der Waals surface area (Å²) in [5.74, 6) is -2.06. The summed E-state index contributed by atoms with van der Waals surface area (Å²) in [4.78, 5) is 38.7. The molecular weight excluding hydrogens is 228 g/mol. The van der Waals surface area contributed by atoms with Gasteiger partial charge in [-0.1, -0.05) is 0 Å². The highest BCUT2D eigenvalue weighted by molar-refractivity contribution is 6.02. The number of nitrogens with zero attached hydrogens (tertiary/aromatic N) is 1. The van der Waals surface area contributed by atoms with E-state index in [1.807, 2.05) is 0 Å². The minimum Gasteiger partial charge on any atom is -0.477 e. The maximum absolute atomic E-state index is 11.5. The number of hydrogen-bond donors (Lipinski definition) is 4. The van der Waals surface area contributed by atoms with Crippen molar-refractivity contribution in [2.45, 2.75) is 6.92 Å². The van der Waals surface area contributed by atoms with Crippen molar-refractivity contribution in [3.05, 3.63) is 17.7 Å². The average molecular weight is 240 g/mol. The van der Waals surface area contributed by atoms with Crippen LogP contribution in [-0.2, 0) is 4.79 Å². The predicted octanol–water partition coefficient (Wildman–Crippen LogP) is -1.03.